The third-order valence-electron chi connectivity index (χ3n) is 4.08. The van der Waals surface area contributed by atoms with E-state index >= 15 is 0 Å². The second-order valence-electron chi connectivity index (χ2n) is 5.39. The summed E-state index contributed by atoms with van der Waals surface area (Å²) in [5.41, 5.74) is 1.37. The number of aryl methyl sites for hydroxylation is 1. The highest BCUT2D eigenvalue weighted by atomic mass is 16.5. The molecule has 0 spiro atoms. The van der Waals surface area contributed by atoms with E-state index in [-0.39, 0.29) is 17.5 Å². The Labute approximate surface area is 122 Å². The van der Waals surface area contributed by atoms with Gasteiger partial charge < -0.3 is 24.5 Å². The third kappa shape index (κ3) is 2.29. The molecule has 8 heteroatoms. The third-order valence-corrected chi connectivity index (χ3v) is 4.08. The number of rotatable bonds is 3. The van der Waals surface area contributed by atoms with Crippen molar-refractivity contribution in [3.05, 3.63) is 11.9 Å². The van der Waals surface area contributed by atoms with E-state index in [4.69, 9.17) is 4.74 Å². The molecule has 0 bridgehead atoms. The number of imidazole rings is 1. The first kappa shape index (κ1) is 14.3. The number of aliphatic hydroxyl groups is 1. The average Bonchev–Trinajstić information content (AvgIpc) is 2.99. The topological polar surface area (TPSA) is 101 Å². The zero-order valence-electron chi connectivity index (χ0n) is 12.0. The van der Waals surface area contributed by atoms with Crippen molar-refractivity contribution >= 4 is 23.7 Å². The molecule has 1 saturated carbocycles. The molecular formula is C13H18BN3O4. The molecule has 3 rings (SSSR count). The van der Waals surface area contributed by atoms with E-state index in [1.54, 1.807) is 6.07 Å². The Balaban J connectivity index is 2.24. The molecule has 3 N–H and O–H groups in total. The molecule has 0 amide bonds. The van der Waals surface area contributed by atoms with Crippen LogP contribution < -0.4 is 10.3 Å². The van der Waals surface area contributed by atoms with Gasteiger partial charge in [0.1, 0.15) is 5.82 Å². The van der Waals surface area contributed by atoms with E-state index in [1.807, 2.05) is 11.5 Å². The summed E-state index contributed by atoms with van der Waals surface area (Å²) in [6, 6.07) is 1.54. The molecule has 2 atom stereocenters. The molecule has 1 fully saturated rings. The number of aromatic nitrogens is 3. The fraction of sp³-hybridized carbons (Fsp3) is 0.538. The van der Waals surface area contributed by atoms with Gasteiger partial charge in [0.05, 0.1) is 30.4 Å². The Bertz CT molecular complexity index is 673. The van der Waals surface area contributed by atoms with Crippen LogP contribution in [0.3, 0.4) is 0 Å². The number of pyridine rings is 1. The minimum absolute atomic E-state index is 0.0502. The largest absolute Gasteiger partial charge is 0.508 e. The van der Waals surface area contributed by atoms with Crippen LogP contribution in [0.15, 0.2) is 6.07 Å². The van der Waals surface area contributed by atoms with Gasteiger partial charge in [0, 0.05) is 0 Å². The maximum atomic E-state index is 10.2. The summed E-state index contributed by atoms with van der Waals surface area (Å²) >= 11 is 0. The lowest BCUT2D eigenvalue weighted by Gasteiger charge is -2.19. The van der Waals surface area contributed by atoms with Gasteiger partial charge in [0.2, 0.25) is 5.88 Å². The lowest BCUT2D eigenvalue weighted by Crippen LogP contribution is -2.33. The molecular weight excluding hydrogens is 273 g/mol. The monoisotopic (exact) mass is 291 g/mol. The number of aliphatic hydroxyl groups excluding tert-OH is 1. The molecule has 1 aliphatic carbocycles. The first-order valence-corrected chi connectivity index (χ1v) is 7.00. The van der Waals surface area contributed by atoms with Crippen LogP contribution in [-0.4, -0.2) is 50.0 Å². The van der Waals surface area contributed by atoms with Crippen molar-refractivity contribution in [2.75, 3.05) is 7.11 Å². The zero-order chi connectivity index (χ0) is 15.1. The van der Waals surface area contributed by atoms with Gasteiger partial charge in [-0.15, -0.1) is 0 Å². The number of methoxy groups -OCH3 is 1. The lowest BCUT2D eigenvalue weighted by atomic mass is 9.85. The van der Waals surface area contributed by atoms with Crippen molar-refractivity contribution in [2.45, 2.75) is 38.3 Å². The highest BCUT2D eigenvalue weighted by Gasteiger charge is 2.30. The van der Waals surface area contributed by atoms with Gasteiger partial charge in [-0.1, -0.05) is 0 Å². The van der Waals surface area contributed by atoms with E-state index in [1.165, 1.54) is 7.11 Å². The smallest absolute Gasteiger partial charge is 0.479 e. The minimum Gasteiger partial charge on any atom is -0.479 e. The molecule has 0 saturated heterocycles. The van der Waals surface area contributed by atoms with Gasteiger partial charge in [0.15, 0.2) is 5.52 Å². The maximum absolute atomic E-state index is 10.2. The number of hydrogen-bond donors (Lipinski definition) is 3. The van der Waals surface area contributed by atoms with Crippen LogP contribution >= 0.6 is 0 Å². The van der Waals surface area contributed by atoms with Crippen molar-refractivity contribution in [3.8, 4) is 5.88 Å². The molecule has 7 nitrogen and oxygen atoms in total. The molecule has 0 aromatic carbocycles. The second kappa shape index (κ2) is 5.29. The predicted molar refractivity (Wildman–Crippen MR) is 77.5 cm³/mol. The second-order valence-corrected chi connectivity index (χ2v) is 5.39. The van der Waals surface area contributed by atoms with E-state index in [0.717, 1.165) is 25.1 Å². The fourth-order valence-electron chi connectivity index (χ4n) is 3.11. The average molecular weight is 291 g/mol. The van der Waals surface area contributed by atoms with Crippen LogP contribution in [0.1, 0.15) is 31.1 Å². The van der Waals surface area contributed by atoms with Gasteiger partial charge in [-0.3, -0.25) is 0 Å². The minimum atomic E-state index is -1.68. The first-order chi connectivity index (χ1) is 10.0. The molecule has 112 valence electrons. The Hall–Kier alpha value is -1.64. The van der Waals surface area contributed by atoms with Crippen LogP contribution in [0.25, 0.3) is 11.0 Å². The maximum Gasteiger partial charge on any atom is 0.508 e. The number of ether oxygens (including phenoxy) is 1. The highest BCUT2D eigenvalue weighted by molar-refractivity contribution is 6.57. The Morgan fingerprint density at radius 1 is 1.33 bits per heavy atom. The van der Waals surface area contributed by atoms with Crippen LogP contribution in [0.2, 0.25) is 0 Å². The molecule has 2 heterocycles. The van der Waals surface area contributed by atoms with E-state index < -0.39 is 13.2 Å². The lowest BCUT2D eigenvalue weighted by molar-refractivity contribution is 0.137. The van der Waals surface area contributed by atoms with E-state index in [9.17, 15) is 15.2 Å². The summed E-state index contributed by atoms with van der Waals surface area (Å²) in [7, 11) is -0.214. The van der Waals surface area contributed by atoms with E-state index in [2.05, 4.69) is 9.97 Å². The summed E-state index contributed by atoms with van der Waals surface area (Å²) in [6.45, 7) is 1.86. The number of hydrogen-bond acceptors (Lipinski definition) is 6. The van der Waals surface area contributed by atoms with Crippen molar-refractivity contribution < 1.29 is 19.9 Å². The van der Waals surface area contributed by atoms with Gasteiger partial charge in [-0.2, -0.15) is 0 Å². The van der Waals surface area contributed by atoms with Gasteiger partial charge in [0.25, 0.3) is 0 Å². The summed E-state index contributed by atoms with van der Waals surface area (Å²) in [6.07, 6.45) is 2.18. The molecule has 1 aliphatic rings. The van der Waals surface area contributed by atoms with Crippen molar-refractivity contribution in [1.82, 2.24) is 14.5 Å². The van der Waals surface area contributed by atoms with Gasteiger partial charge in [-0.25, -0.2) is 9.97 Å². The predicted octanol–water partition coefficient (Wildman–Crippen LogP) is -0.486. The van der Waals surface area contributed by atoms with Crippen LogP contribution in [0.5, 0.6) is 5.88 Å². The van der Waals surface area contributed by atoms with Crippen molar-refractivity contribution in [2.24, 2.45) is 0 Å². The van der Waals surface area contributed by atoms with E-state index in [0.29, 0.717) is 11.0 Å². The first-order valence-electron chi connectivity index (χ1n) is 7.00. The molecule has 2 unspecified atom stereocenters. The summed E-state index contributed by atoms with van der Waals surface area (Å²) in [4.78, 5) is 8.52. The quantitative estimate of drug-likeness (QED) is 0.660. The molecule has 0 radical (unpaired) electrons. The van der Waals surface area contributed by atoms with Gasteiger partial charge in [-0.05, 0) is 32.3 Å². The Morgan fingerprint density at radius 2 is 2.10 bits per heavy atom. The summed E-state index contributed by atoms with van der Waals surface area (Å²) in [5.74, 6) is 1.01. The fourth-order valence-corrected chi connectivity index (χ4v) is 3.11. The van der Waals surface area contributed by atoms with Gasteiger partial charge >= 0.3 is 7.12 Å². The zero-order valence-corrected chi connectivity index (χ0v) is 12.0. The Kier molecular flexibility index (Phi) is 3.60. The number of fused-ring (bicyclic) bond motifs is 1. The SMILES string of the molecule is COc1nc(B(O)O)cc2c1nc(C)n2C1CCCC1O. The van der Waals surface area contributed by atoms with Crippen LogP contribution in [0, 0.1) is 6.92 Å². The normalized spacial score (nSPS) is 22.0. The van der Waals surface area contributed by atoms with Crippen molar-refractivity contribution in [1.29, 1.82) is 0 Å². The molecule has 21 heavy (non-hydrogen) atoms. The Morgan fingerprint density at radius 3 is 2.67 bits per heavy atom. The van der Waals surface area contributed by atoms with Crippen molar-refractivity contribution in [3.63, 3.8) is 0 Å². The number of nitrogens with zero attached hydrogens (tertiary/aromatic N) is 3. The standard InChI is InChI=1S/C13H18BN3O4/c1-7-15-12-9(17(7)8-4-3-5-10(8)18)6-11(14(19)20)16-13(12)21-2/h6,8,10,18-20H,3-5H2,1-2H3. The van der Waals surface area contributed by atoms with Crippen LogP contribution in [0.4, 0.5) is 0 Å². The highest BCUT2D eigenvalue weighted by Crippen LogP contribution is 2.35. The van der Waals surface area contributed by atoms with Crippen LogP contribution in [-0.2, 0) is 0 Å². The molecule has 2 aromatic rings. The summed E-state index contributed by atoms with van der Waals surface area (Å²) in [5, 5.41) is 28.9. The molecule has 2 aromatic heterocycles. The summed E-state index contributed by atoms with van der Waals surface area (Å²) < 4.78 is 7.15. The molecule has 0 aliphatic heterocycles.